The summed E-state index contributed by atoms with van der Waals surface area (Å²) in [5.74, 6) is -0.587. The molecule has 27 heavy (non-hydrogen) atoms. The first-order valence-corrected chi connectivity index (χ1v) is 9.95. The number of nitrogens with one attached hydrogen (secondary N) is 2. The average Bonchev–Trinajstić information content (AvgIpc) is 3.10. The molecule has 3 rings (SSSR count). The molecule has 1 heterocycles. The van der Waals surface area contributed by atoms with Gasteiger partial charge in [-0.3, -0.25) is 9.59 Å². The van der Waals surface area contributed by atoms with E-state index in [0.717, 1.165) is 15.8 Å². The predicted molar refractivity (Wildman–Crippen MR) is 111 cm³/mol. The number of nitrogens with zero attached hydrogens (tertiary/aromatic N) is 1. The Hall–Kier alpha value is -2.51. The minimum absolute atomic E-state index is 0.103. The Labute approximate surface area is 170 Å². The van der Waals surface area contributed by atoms with E-state index in [4.69, 9.17) is 0 Å². The van der Waals surface area contributed by atoms with Gasteiger partial charge in [-0.2, -0.15) is 0 Å². The lowest BCUT2D eigenvalue weighted by Crippen LogP contribution is -2.32. The van der Waals surface area contributed by atoms with E-state index in [9.17, 15) is 9.59 Å². The number of anilines is 1. The van der Waals surface area contributed by atoms with Crippen molar-refractivity contribution in [1.29, 1.82) is 0 Å². The van der Waals surface area contributed by atoms with Crippen LogP contribution in [0.2, 0.25) is 0 Å². The molecule has 0 atom stereocenters. The van der Waals surface area contributed by atoms with Crippen LogP contribution in [0.25, 0.3) is 0 Å². The first-order valence-electron chi connectivity index (χ1n) is 8.34. The summed E-state index contributed by atoms with van der Waals surface area (Å²) in [5.41, 5.74) is 2.89. The average molecular weight is 444 g/mol. The second kappa shape index (κ2) is 8.92. The zero-order chi connectivity index (χ0) is 19.2. The highest BCUT2D eigenvalue weighted by atomic mass is 79.9. The molecule has 1 aromatic heterocycles. The molecular formula is C20H18BrN3O2S. The van der Waals surface area contributed by atoms with Gasteiger partial charge in [0.1, 0.15) is 0 Å². The maximum Gasteiger partial charge on any atom is 0.251 e. The molecule has 2 amide bonds. The van der Waals surface area contributed by atoms with Crippen LogP contribution >= 0.6 is 27.3 Å². The fraction of sp³-hybridized carbons (Fsp3) is 0.150. The first-order chi connectivity index (χ1) is 13.0. The Kier molecular flexibility index (Phi) is 6.36. The topological polar surface area (TPSA) is 71.1 Å². The summed E-state index contributed by atoms with van der Waals surface area (Å²) in [6.45, 7) is 1.95. The van der Waals surface area contributed by atoms with E-state index in [-0.39, 0.29) is 18.4 Å². The van der Waals surface area contributed by atoms with Crippen LogP contribution in [-0.2, 0) is 11.2 Å². The summed E-state index contributed by atoms with van der Waals surface area (Å²) >= 11 is 4.93. The lowest BCUT2D eigenvalue weighted by molar-refractivity contribution is -0.115. The Morgan fingerprint density at radius 2 is 1.93 bits per heavy atom. The monoisotopic (exact) mass is 443 g/mol. The second-order valence-corrected chi connectivity index (χ2v) is 7.96. The number of rotatable bonds is 6. The van der Waals surface area contributed by atoms with Gasteiger partial charge in [-0.15, -0.1) is 11.3 Å². The van der Waals surface area contributed by atoms with E-state index in [1.807, 2.05) is 12.1 Å². The van der Waals surface area contributed by atoms with E-state index >= 15 is 0 Å². The molecular weight excluding hydrogens is 426 g/mol. The van der Waals surface area contributed by atoms with E-state index in [1.165, 1.54) is 22.5 Å². The highest BCUT2D eigenvalue weighted by Crippen LogP contribution is 2.23. The zero-order valence-electron chi connectivity index (χ0n) is 14.7. The van der Waals surface area contributed by atoms with E-state index in [1.54, 1.807) is 30.5 Å². The lowest BCUT2D eigenvalue weighted by atomic mass is 10.1. The molecule has 0 aliphatic rings. The molecule has 7 heteroatoms. The number of hydrogen-bond acceptors (Lipinski definition) is 4. The van der Waals surface area contributed by atoms with Crippen LogP contribution in [0, 0.1) is 6.92 Å². The molecule has 5 nitrogen and oxygen atoms in total. The smallest absolute Gasteiger partial charge is 0.251 e. The summed E-state index contributed by atoms with van der Waals surface area (Å²) in [6, 6.07) is 15.0. The van der Waals surface area contributed by atoms with Crippen molar-refractivity contribution < 1.29 is 9.59 Å². The summed E-state index contributed by atoms with van der Waals surface area (Å²) in [7, 11) is 0. The van der Waals surface area contributed by atoms with E-state index in [0.29, 0.717) is 10.7 Å². The first kappa shape index (κ1) is 19.3. The van der Waals surface area contributed by atoms with Crippen molar-refractivity contribution in [1.82, 2.24) is 10.3 Å². The van der Waals surface area contributed by atoms with Crippen molar-refractivity contribution in [2.24, 2.45) is 0 Å². The molecule has 0 unspecified atom stereocenters. The lowest BCUT2D eigenvalue weighted by Gasteiger charge is -2.05. The fourth-order valence-electron chi connectivity index (χ4n) is 2.48. The number of aromatic nitrogens is 1. The minimum atomic E-state index is -0.306. The standard InChI is InChI=1S/C20H18BrN3O2S/c1-13-9-14(7-8-17(13)21)10-16-11-23-20(27-16)24-18(25)12-22-19(26)15-5-3-2-4-6-15/h2-9,11H,10,12H2,1H3,(H,22,26)(H,23,24,25). The third-order valence-electron chi connectivity index (χ3n) is 3.85. The predicted octanol–water partition coefficient (Wildman–Crippen LogP) is 4.17. The number of thiazole rings is 1. The van der Waals surface area contributed by atoms with Crippen LogP contribution < -0.4 is 10.6 Å². The van der Waals surface area contributed by atoms with Gasteiger partial charge in [0.2, 0.25) is 5.91 Å². The van der Waals surface area contributed by atoms with Gasteiger partial charge < -0.3 is 10.6 Å². The number of benzene rings is 2. The van der Waals surface area contributed by atoms with Gasteiger partial charge in [0, 0.05) is 27.5 Å². The molecule has 3 aromatic rings. The molecule has 0 saturated carbocycles. The Morgan fingerprint density at radius 3 is 2.67 bits per heavy atom. The molecule has 138 valence electrons. The van der Waals surface area contributed by atoms with Crippen LogP contribution in [0.4, 0.5) is 5.13 Å². The number of hydrogen-bond donors (Lipinski definition) is 2. The van der Waals surface area contributed by atoms with E-state index in [2.05, 4.69) is 50.6 Å². The summed E-state index contributed by atoms with van der Waals surface area (Å²) in [6.07, 6.45) is 2.52. The van der Waals surface area contributed by atoms with E-state index < -0.39 is 0 Å². The molecule has 0 radical (unpaired) electrons. The van der Waals surface area contributed by atoms with Gasteiger partial charge in [-0.25, -0.2) is 4.98 Å². The minimum Gasteiger partial charge on any atom is -0.343 e. The summed E-state index contributed by atoms with van der Waals surface area (Å²) in [4.78, 5) is 29.3. The SMILES string of the molecule is Cc1cc(Cc2cnc(NC(=O)CNC(=O)c3ccccc3)s2)ccc1Br. The molecule has 0 spiro atoms. The van der Waals surface area contributed by atoms with Gasteiger partial charge in [0.15, 0.2) is 5.13 Å². The van der Waals surface area contributed by atoms with Crippen LogP contribution in [0.1, 0.15) is 26.4 Å². The van der Waals surface area contributed by atoms with Crippen LogP contribution in [-0.4, -0.2) is 23.3 Å². The highest BCUT2D eigenvalue weighted by Gasteiger charge is 2.10. The van der Waals surface area contributed by atoms with Crippen LogP contribution in [0.3, 0.4) is 0 Å². The third kappa shape index (κ3) is 5.48. The van der Waals surface area contributed by atoms with Gasteiger partial charge in [0.05, 0.1) is 6.54 Å². The van der Waals surface area contributed by atoms with Crippen LogP contribution in [0.5, 0.6) is 0 Å². The van der Waals surface area contributed by atoms with Crippen molar-refractivity contribution in [2.45, 2.75) is 13.3 Å². The maximum atomic E-state index is 12.0. The molecule has 0 aliphatic carbocycles. The van der Waals surface area contributed by atoms with Gasteiger partial charge >= 0.3 is 0 Å². The normalized spacial score (nSPS) is 10.4. The molecule has 0 saturated heterocycles. The highest BCUT2D eigenvalue weighted by molar-refractivity contribution is 9.10. The quantitative estimate of drug-likeness (QED) is 0.600. The molecule has 2 aromatic carbocycles. The molecule has 2 N–H and O–H groups in total. The zero-order valence-corrected chi connectivity index (χ0v) is 17.1. The number of carbonyl (C=O) groups excluding carboxylic acids is 2. The van der Waals surface area contributed by atoms with Crippen molar-refractivity contribution in [3.63, 3.8) is 0 Å². The Morgan fingerprint density at radius 1 is 1.15 bits per heavy atom. The number of aryl methyl sites for hydroxylation is 1. The van der Waals surface area contributed by atoms with Crippen LogP contribution in [0.15, 0.2) is 59.2 Å². The fourth-order valence-corrected chi connectivity index (χ4v) is 3.59. The molecule has 0 aliphatic heterocycles. The Balaban J connectivity index is 1.51. The number of carbonyl (C=O) groups is 2. The third-order valence-corrected chi connectivity index (χ3v) is 5.65. The largest absolute Gasteiger partial charge is 0.343 e. The number of halogens is 1. The second-order valence-electron chi connectivity index (χ2n) is 5.99. The van der Waals surface area contributed by atoms with Gasteiger partial charge in [-0.1, -0.05) is 46.3 Å². The summed E-state index contributed by atoms with van der Waals surface area (Å²) < 4.78 is 1.08. The summed E-state index contributed by atoms with van der Waals surface area (Å²) in [5, 5.41) is 5.85. The number of amides is 2. The van der Waals surface area contributed by atoms with Crippen molar-refractivity contribution in [3.8, 4) is 0 Å². The van der Waals surface area contributed by atoms with Gasteiger partial charge in [0.25, 0.3) is 5.91 Å². The van der Waals surface area contributed by atoms with Crippen molar-refractivity contribution in [3.05, 3.63) is 80.8 Å². The van der Waals surface area contributed by atoms with Crippen molar-refractivity contribution in [2.75, 3.05) is 11.9 Å². The maximum absolute atomic E-state index is 12.0. The Bertz CT molecular complexity index is 957. The molecule has 0 bridgehead atoms. The molecule has 0 fully saturated rings. The van der Waals surface area contributed by atoms with Crippen molar-refractivity contribution >= 4 is 44.2 Å². The van der Waals surface area contributed by atoms with Gasteiger partial charge in [-0.05, 0) is 36.2 Å².